The van der Waals surface area contributed by atoms with E-state index in [2.05, 4.69) is 34.3 Å². The maximum atomic E-state index is 12.0. The third kappa shape index (κ3) is 4.49. The summed E-state index contributed by atoms with van der Waals surface area (Å²) in [5.74, 6) is 0.0497. The summed E-state index contributed by atoms with van der Waals surface area (Å²) in [6.45, 7) is 2.62. The van der Waals surface area contributed by atoms with Gasteiger partial charge in [0.1, 0.15) is 0 Å². The Kier molecular flexibility index (Phi) is 5.33. The Morgan fingerprint density at radius 2 is 2.04 bits per heavy atom. The molecule has 5 heteroatoms. The average molecular weight is 337 g/mol. The Labute approximate surface area is 145 Å². The number of nitrogens with one attached hydrogen (secondary N) is 1. The molecule has 0 unspecified atom stereocenters. The second kappa shape index (κ2) is 7.84. The summed E-state index contributed by atoms with van der Waals surface area (Å²) in [5.41, 5.74) is 4.26. The van der Waals surface area contributed by atoms with Gasteiger partial charge in [-0.3, -0.25) is 9.78 Å². The van der Waals surface area contributed by atoms with Gasteiger partial charge in [0.05, 0.1) is 10.7 Å². The number of hydrogen-bond donors (Lipinski definition) is 1. The van der Waals surface area contributed by atoms with Crippen LogP contribution in [0.2, 0.25) is 0 Å². The number of aryl methyl sites for hydroxylation is 2. The van der Waals surface area contributed by atoms with Crippen molar-refractivity contribution in [2.45, 2.75) is 26.3 Å². The van der Waals surface area contributed by atoms with E-state index in [4.69, 9.17) is 0 Å². The fourth-order valence-corrected chi connectivity index (χ4v) is 3.10. The van der Waals surface area contributed by atoms with Gasteiger partial charge in [-0.1, -0.05) is 29.8 Å². The van der Waals surface area contributed by atoms with Crippen LogP contribution < -0.4 is 5.32 Å². The van der Waals surface area contributed by atoms with Gasteiger partial charge < -0.3 is 5.32 Å². The van der Waals surface area contributed by atoms with E-state index in [9.17, 15) is 4.79 Å². The summed E-state index contributed by atoms with van der Waals surface area (Å²) in [6, 6.07) is 12.1. The molecule has 0 aliphatic rings. The van der Waals surface area contributed by atoms with Crippen LogP contribution in [0.5, 0.6) is 0 Å². The maximum Gasteiger partial charge on any atom is 0.220 e. The van der Waals surface area contributed by atoms with E-state index in [1.165, 1.54) is 5.56 Å². The smallest absolute Gasteiger partial charge is 0.220 e. The molecular formula is C19H19N3OS. The number of rotatable bonds is 6. The predicted octanol–water partition coefficient (Wildman–Crippen LogP) is 3.76. The van der Waals surface area contributed by atoms with Crippen molar-refractivity contribution in [2.24, 2.45) is 0 Å². The first-order chi connectivity index (χ1) is 11.7. The van der Waals surface area contributed by atoms with Crippen LogP contribution in [0.3, 0.4) is 0 Å². The van der Waals surface area contributed by atoms with E-state index in [1.807, 2.05) is 29.6 Å². The van der Waals surface area contributed by atoms with Crippen molar-refractivity contribution in [3.8, 4) is 11.3 Å². The molecule has 1 amide bonds. The van der Waals surface area contributed by atoms with Gasteiger partial charge in [0.25, 0.3) is 0 Å². The third-order valence-electron chi connectivity index (χ3n) is 3.69. The number of amides is 1. The SMILES string of the molecule is Cc1ccc(CNC(=O)CCc2nc(-c3cccnc3)cs2)cc1. The second-order valence-corrected chi connectivity index (χ2v) is 6.57. The molecule has 0 spiro atoms. The van der Waals surface area contributed by atoms with Gasteiger partial charge in [0.15, 0.2) is 0 Å². The van der Waals surface area contributed by atoms with Crippen LogP contribution in [0, 0.1) is 6.92 Å². The van der Waals surface area contributed by atoms with Crippen molar-refractivity contribution < 1.29 is 4.79 Å². The lowest BCUT2D eigenvalue weighted by Gasteiger charge is -2.05. The standard InChI is InChI=1S/C19H19N3OS/c1-14-4-6-15(7-5-14)11-21-18(23)8-9-19-22-17(13-24-19)16-3-2-10-20-12-16/h2-7,10,12-13H,8-9,11H2,1H3,(H,21,23). The average Bonchev–Trinajstić information content (AvgIpc) is 3.09. The monoisotopic (exact) mass is 337 g/mol. The van der Waals surface area contributed by atoms with Gasteiger partial charge in [-0.05, 0) is 24.6 Å². The van der Waals surface area contributed by atoms with Gasteiger partial charge in [0.2, 0.25) is 5.91 Å². The van der Waals surface area contributed by atoms with E-state index >= 15 is 0 Å². The molecule has 24 heavy (non-hydrogen) atoms. The van der Waals surface area contributed by atoms with E-state index in [-0.39, 0.29) is 5.91 Å². The molecule has 4 nitrogen and oxygen atoms in total. The first kappa shape index (κ1) is 16.3. The van der Waals surface area contributed by atoms with Crippen molar-refractivity contribution in [1.29, 1.82) is 0 Å². The van der Waals surface area contributed by atoms with Crippen LogP contribution in [-0.4, -0.2) is 15.9 Å². The number of aromatic nitrogens is 2. The van der Waals surface area contributed by atoms with Crippen molar-refractivity contribution in [3.05, 3.63) is 70.3 Å². The molecule has 1 N–H and O–H groups in total. The normalized spacial score (nSPS) is 10.5. The summed E-state index contributed by atoms with van der Waals surface area (Å²) in [5, 5.41) is 5.94. The molecular weight excluding hydrogens is 318 g/mol. The molecule has 2 aromatic heterocycles. The van der Waals surface area contributed by atoms with E-state index in [0.29, 0.717) is 19.4 Å². The highest BCUT2D eigenvalue weighted by atomic mass is 32.1. The summed E-state index contributed by atoms with van der Waals surface area (Å²) in [6.07, 6.45) is 4.65. The van der Waals surface area contributed by atoms with Gasteiger partial charge in [-0.2, -0.15) is 0 Å². The molecule has 0 aliphatic heterocycles. The summed E-state index contributed by atoms with van der Waals surface area (Å²) in [4.78, 5) is 20.7. The first-order valence-electron chi connectivity index (χ1n) is 7.88. The summed E-state index contributed by atoms with van der Waals surface area (Å²) in [7, 11) is 0. The molecule has 2 heterocycles. The fraction of sp³-hybridized carbons (Fsp3) is 0.211. The number of carbonyl (C=O) groups is 1. The molecule has 0 fully saturated rings. The predicted molar refractivity (Wildman–Crippen MR) is 96.7 cm³/mol. The van der Waals surface area contributed by atoms with E-state index in [1.54, 1.807) is 23.7 Å². The van der Waals surface area contributed by atoms with Gasteiger partial charge in [0, 0.05) is 42.7 Å². The Hall–Kier alpha value is -2.53. The van der Waals surface area contributed by atoms with Gasteiger partial charge in [-0.25, -0.2) is 4.98 Å². The maximum absolute atomic E-state index is 12.0. The minimum absolute atomic E-state index is 0.0497. The molecule has 3 rings (SSSR count). The van der Waals surface area contributed by atoms with Gasteiger partial charge >= 0.3 is 0 Å². The minimum Gasteiger partial charge on any atom is -0.352 e. The quantitative estimate of drug-likeness (QED) is 0.745. The lowest BCUT2D eigenvalue weighted by molar-refractivity contribution is -0.121. The number of benzene rings is 1. The largest absolute Gasteiger partial charge is 0.352 e. The van der Waals surface area contributed by atoms with Crippen LogP contribution in [0.1, 0.15) is 22.6 Å². The zero-order valence-electron chi connectivity index (χ0n) is 13.5. The number of hydrogen-bond acceptors (Lipinski definition) is 4. The molecule has 0 saturated heterocycles. The number of thiazole rings is 1. The Balaban J connectivity index is 1.48. The lowest BCUT2D eigenvalue weighted by atomic mass is 10.1. The topological polar surface area (TPSA) is 54.9 Å². The highest BCUT2D eigenvalue weighted by Crippen LogP contribution is 2.21. The molecule has 1 aromatic carbocycles. The van der Waals surface area contributed by atoms with Crippen molar-refractivity contribution in [3.63, 3.8) is 0 Å². The number of pyridine rings is 1. The van der Waals surface area contributed by atoms with Crippen LogP contribution in [0.25, 0.3) is 11.3 Å². The van der Waals surface area contributed by atoms with Crippen molar-refractivity contribution in [1.82, 2.24) is 15.3 Å². The number of nitrogens with zero attached hydrogens (tertiary/aromatic N) is 2. The molecule has 0 aliphatic carbocycles. The molecule has 0 bridgehead atoms. The van der Waals surface area contributed by atoms with Crippen LogP contribution in [0.4, 0.5) is 0 Å². The molecule has 3 aromatic rings. The third-order valence-corrected chi connectivity index (χ3v) is 4.59. The molecule has 0 atom stereocenters. The Morgan fingerprint density at radius 1 is 1.21 bits per heavy atom. The molecule has 122 valence electrons. The van der Waals surface area contributed by atoms with Crippen LogP contribution in [0.15, 0.2) is 54.2 Å². The highest BCUT2D eigenvalue weighted by Gasteiger charge is 2.07. The zero-order chi connectivity index (χ0) is 16.8. The van der Waals surface area contributed by atoms with Gasteiger partial charge in [-0.15, -0.1) is 11.3 Å². The van der Waals surface area contributed by atoms with Crippen molar-refractivity contribution >= 4 is 17.2 Å². The van der Waals surface area contributed by atoms with E-state index in [0.717, 1.165) is 21.8 Å². The molecule has 0 saturated carbocycles. The van der Waals surface area contributed by atoms with Crippen LogP contribution in [-0.2, 0) is 17.8 Å². The zero-order valence-corrected chi connectivity index (χ0v) is 14.3. The highest BCUT2D eigenvalue weighted by molar-refractivity contribution is 7.09. The van der Waals surface area contributed by atoms with Crippen LogP contribution >= 0.6 is 11.3 Å². The Bertz CT molecular complexity index is 797. The minimum atomic E-state index is 0.0497. The Morgan fingerprint density at radius 3 is 2.79 bits per heavy atom. The lowest BCUT2D eigenvalue weighted by Crippen LogP contribution is -2.22. The fourth-order valence-electron chi connectivity index (χ4n) is 2.29. The van der Waals surface area contributed by atoms with Crippen molar-refractivity contribution in [2.75, 3.05) is 0 Å². The summed E-state index contributed by atoms with van der Waals surface area (Å²) >= 11 is 1.58. The second-order valence-electron chi connectivity index (χ2n) is 5.63. The molecule has 0 radical (unpaired) electrons. The van der Waals surface area contributed by atoms with E-state index < -0.39 is 0 Å². The number of carbonyl (C=O) groups excluding carboxylic acids is 1. The first-order valence-corrected chi connectivity index (χ1v) is 8.76. The summed E-state index contributed by atoms with van der Waals surface area (Å²) < 4.78 is 0.